The van der Waals surface area contributed by atoms with E-state index in [1.54, 1.807) is 11.6 Å². The highest BCUT2D eigenvalue weighted by Gasteiger charge is 2.20. The normalized spacial score (nSPS) is 11.3. The number of nitrogens with zero attached hydrogens (tertiary/aromatic N) is 6. The number of fused-ring (bicyclic) bond motifs is 1. The Morgan fingerprint density at radius 1 is 1.06 bits per heavy atom. The van der Waals surface area contributed by atoms with E-state index >= 15 is 0 Å². The van der Waals surface area contributed by atoms with Crippen LogP contribution in [0, 0.1) is 20.8 Å². The van der Waals surface area contributed by atoms with Crippen molar-refractivity contribution in [2.24, 2.45) is 7.05 Å². The molecule has 184 valence electrons. The second-order valence-corrected chi connectivity index (χ2v) is 9.10. The van der Waals surface area contributed by atoms with Crippen LogP contribution in [0.5, 0.6) is 0 Å². The molecule has 3 heterocycles. The molecule has 10 heteroatoms. The third-order valence-electron chi connectivity index (χ3n) is 6.29. The van der Waals surface area contributed by atoms with E-state index in [-0.39, 0.29) is 18.1 Å². The zero-order chi connectivity index (χ0) is 25.4. The number of imidazole rings is 1. The first-order chi connectivity index (χ1) is 17.3. The van der Waals surface area contributed by atoms with Gasteiger partial charge in [-0.15, -0.1) is 0 Å². The largest absolute Gasteiger partial charge is 0.329 e. The lowest BCUT2D eigenvalue weighted by Gasteiger charge is -2.09. The fraction of sp³-hybridized carbons (Fsp3) is 0.269. The number of carbonyl (C=O) groups excluding carboxylic acids is 1. The molecule has 0 saturated heterocycles. The van der Waals surface area contributed by atoms with Crippen LogP contribution in [-0.2, 0) is 31.4 Å². The fourth-order valence-electron chi connectivity index (χ4n) is 4.51. The monoisotopic (exact) mass is 484 g/mol. The Balaban J connectivity index is 1.49. The van der Waals surface area contributed by atoms with Crippen LogP contribution in [0.25, 0.3) is 22.2 Å². The quantitative estimate of drug-likeness (QED) is 0.368. The van der Waals surface area contributed by atoms with Crippen molar-refractivity contribution in [3.8, 4) is 11.1 Å². The van der Waals surface area contributed by atoms with Crippen molar-refractivity contribution in [1.82, 2.24) is 34.1 Å². The number of nitrogens with one attached hydrogen (secondary N) is 2. The zero-order valence-corrected chi connectivity index (χ0v) is 20.7. The van der Waals surface area contributed by atoms with Gasteiger partial charge in [-0.05, 0) is 50.6 Å². The molecule has 0 bridgehead atoms. The van der Waals surface area contributed by atoms with E-state index in [2.05, 4.69) is 31.7 Å². The van der Waals surface area contributed by atoms with Gasteiger partial charge in [-0.25, -0.2) is 9.78 Å². The molecule has 0 radical (unpaired) electrons. The van der Waals surface area contributed by atoms with Crippen molar-refractivity contribution in [2.75, 3.05) is 5.32 Å². The number of rotatable bonds is 7. The summed E-state index contributed by atoms with van der Waals surface area (Å²) in [5.41, 5.74) is 6.75. The predicted molar refractivity (Wildman–Crippen MR) is 138 cm³/mol. The first-order valence-corrected chi connectivity index (χ1v) is 11.7. The molecule has 2 N–H and O–H groups in total. The van der Waals surface area contributed by atoms with Gasteiger partial charge in [0, 0.05) is 43.0 Å². The number of aromatic amines is 1. The van der Waals surface area contributed by atoms with Crippen LogP contribution in [0.4, 0.5) is 5.69 Å². The zero-order valence-electron chi connectivity index (χ0n) is 20.7. The van der Waals surface area contributed by atoms with Crippen molar-refractivity contribution in [3.05, 3.63) is 82.1 Å². The highest BCUT2D eigenvalue weighted by atomic mass is 16.2. The van der Waals surface area contributed by atoms with Crippen molar-refractivity contribution < 1.29 is 4.79 Å². The maximum absolute atomic E-state index is 13.2. The minimum atomic E-state index is -0.257. The Morgan fingerprint density at radius 3 is 2.56 bits per heavy atom. The topological polar surface area (TPSA) is 115 Å². The number of hydrogen-bond donors (Lipinski definition) is 2. The molecular formula is C26H28N8O2. The molecule has 0 fully saturated rings. The van der Waals surface area contributed by atoms with Crippen molar-refractivity contribution in [2.45, 2.75) is 40.3 Å². The molecule has 0 aliphatic carbocycles. The lowest BCUT2D eigenvalue weighted by molar-refractivity contribution is -0.116. The fourth-order valence-corrected chi connectivity index (χ4v) is 4.51. The molecule has 5 aromatic rings. The van der Waals surface area contributed by atoms with Crippen molar-refractivity contribution in [1.29, 1.82) is 0 Å². The molecule has 0 spiro atoms. The van der Waals surface area contributed by atoms with Crippen LogP contribution >= 0.6 is 0 Å². The standard InChI is InChI=1S/C26H28N8O2/c1-16-5-7-19(8-6-16)29-24(35)14-34-22-12-17(2)11-20(25(22)32(4)26(34)36)21-13-33(31-18(21)3)10-9-23-27-15-28-30-23/h5-8,11-13,15H,9-10,14H2,1-4H3,(H,29,35)(H,27,28,30). The molecule has 1 amide bonds. The Bertz CT molecular complexity index is 1600. The molecule has 0 aliphatic heterocycles. The molecule has 0 atom stereocenters. The van der Waals surface area contributed by atoms with Crippen LogP contribution in [0.1, 0.15) is 22.6 Å². The Hall–Kier alpha value is -4.47. The molecule has 0 saturated carbocycles. The number of aromatic nitrogens is 7. The maximum atomic E-state index is 13.2. The summed E-state index contributed by atoms with van der Waals surface area (Å²) in [6.07, 6.45) is 4.16. The Labute approximate surface area is 207 Å². The summed E-state index contributed by atoms with van der Waals surface area (Å²) in [6, 6.07) is 11.6. The average Bonchev–Trinajstić information content (AvgIpc) is 3.55. The minimum Gasteiger partial charge on any atom is -0.325 e. The summed E-state index contributed by atoms with van der Waals surface area (Å²) in [6.45, 7) is 6.50. The minimum absolute atomic E-state index is 0.0810. The summed E-state index contributed by atoms with van der Waals surface area (Å²) in [7, 11) is 1.74. The number of anilines is 1. The molecule has 36 heavy (non-hydrogen) atoms. The summed E-state index contributed by atoms with van der Waals surface area (Å²) >= 11 is 0. The van der Waals surface area contributed by atoms with E-state index in [9.17, 15) is 9.59 Å². The maximum Gasteiger partial charge on any atom is 0.329 e. The number of benzene rings is 2. The van der Waals surface area contributed by atoms with Gasteiger partial charge in [0.2, 0.25) is 5.91 Å². The summed E-state index contributed by atoms with van der Waals surface area (Å²) < 4.78 is 5.01. The lowest BCUT2D eigenvalue weighted by atomic mass is 10.0. The van der Waals surface area contributed by atoms with Gasteiger partial charge < -0.3 is 5.32 Å². The second kappa shape index (κ2) is 9.29. The molecule has 3 aromatic heterocycles. The van der Waals surface area contributed by atoms with Crippen LogP contribution in [0.3, 0.4) is 0 Å². The lowest BCUT2D eigenvalue weighted by Crippen LogP contribution is -2.28. The summed E-state index contributed by atoms with van der Waals surface area (Å²) in [4.78, 5) is 30.2. The SMILES string of the molecule is Cc1ccc(NC(=O)Cn2c(=O)n(C)c3c(-c4cn(CCc5ncn[nH]5)nc4C)cc(C)cc32)cc1. The van der Waals surface area contributed by atoms with Crippen LogP contribution < -0.4 is 11.0 Å². The van der Waals surface area contributed by atoms with E-state index in [1.165, 1.54) is 10.9 Å². The summed E-state index contributed by atoms with van der Waals surface area (Å²) in [5.74, 6) is 0.541. The van der Waals surface area contributed by atoms with Crippen molar-refractivity contribution >= 4 is 22.6 Å². The Morgan fingerprint density at radius 2 is 1.83 bits per heavy atom. The number of aryl methyl sites for hydroxylation is 6. The molecular weight excluding hydrogens is 456 g/mol. The molecule has 10 nitrogen and oxygen atoms in total. The van der Waals surface area contributed by atoms with Gasteiger partial charge in [0.05, 0.1) is 16.7 Å². The highest BCUT2D eigenvalue weighted by molar-refractivity contribution is 5.96. The van der Waals surface area contributed by atoms with Crippen LogP contribution in [-0.4, -0.2) is 40.0 Å². The van der Waals surface area contributed by atoms with E-state index in [0.717, 1.165) is 39.3 Å². The van der Waals surface area contributed by atoms with Gasteiger partial charge in [-0.3, -0.25) is 23.7 Å². The van der Waals surface area contributed by atoms with Crippen LogP contribution in [0.2, 0.25) is 0 Å². The second-order valence-electron chi connectivity index (χ2n) is 9.10. The van der Waals surface area contributed by atoms with Crippen LogP contribution in [0.15, 0.2) is 53.7 Å². The Kier molecular flexibility index (Phi) is 6.01. The van der Waals surface area contributed by atoms with Gasteiger partial charge in [-0.1, -0.05) is 17.7 Å². The highest BCUT2D eigenvalue weighted by Crippen LogP contribution is 2.31. The predicted octanol–water partition coefficient (Wildman–Crippen LogP) is 3.13. The van der Waals surface area contributed by atoms with E-state index in [4.69, 9.17) is 0 Å². The first-order valence-electron chi connectivity index (χ1n) is 11.7. The number of amides is 1. The van der Waals surface area contributed by atoms with E-state index in [0.29, 0.717) is 24.2 Å². The smallest absolute Gasteiger partial charge is 0.325 e. The third kappa shape index (κ3) is 4.45. The average molecular weight is 485 g/mol. The van der Waals surface area contributed by atoms with E-state index < -0.39 is 0 Å². The van der Waals surface area contributed by atoms with Gasteiger partial charge in [-0.2, -0.15) is 10.2 Å². The van der Waals surface area contributed by atoms with Crippen molar-refractivity contribution in [3.63, 3.8) is 0 Å². The van der Waals surface area contributed by atoms with Gasteiger partial charge in [0.15, 0.2) is 0 Å². The first kappa shape index (κ1) is 23.3. The van der Waals surface area contributed by atoms with Gasteiger partial charge in [0.1, 0.15) is 18.7 Å². The van der Waals surface area contributed by atoms with E-state index in [1.807, 2.05) is 62.0 Å². The third-order valence-corrected chi connectivity index (χ3v) is 6.29. The number of carbonyl (C=O) groups is 1. The molecule has 0 unspecified atom stereocenters. The number of H-pyrrole nitrogens is 1. The van der Waals surface area contributed by atoms with Gasteiger partial charge in [0.25, 0.3) is 0 Å². The van der Waals surface area contributed by atoms with Gasteiger partial charge >= 0.3 is 5.69 Å². The number of hydrogen-bond acceptors (Lipinski definition) is 5. The molecule has 0 aliphatic rings. The molecule has 5 rings (SSSR count). The molecule has 2 aromatic carbocycles. The summed E-state index contributed by atoms with van der Waals surface area (Å²) in [5, 5.41) is 14.3.